The van der Waals surface area contributed by atoms with Gasteiger partial charge in [-0.15, -0.1) is 0 Å². The highest BCUT2D eigenvalue weighted by molar-refractivity contribution is 6.04. The summed E-state index contributed by atoms with van der Waals surface area (Å²) in [6.07, 6.45) is 0. The molecule has 32 heavy (non-hydrogen) atoms. The number of aromatic nitrogens is 2. The molecule has 0 radical (unpaired) electrons. The van der Waals surface area contributed by atoms with Crippen LogP contribution in [0.2, 0.25) is 0 Å². The first-order valence-corrected chi connectivity index (χ1v) is 10.2. The van der Waals surface area contributed by atoms with Crippen LogP contribution < -0.4 is 11.0 Å². The van der Waals surface area contributed by atoms with Crippen molar-refractivity contribution in [3.63, 3.8) is 0 Å². The Labute approximate surface area is 185 Å². The minimum Gasteiger partial charge on any atom is -0.507 e. The Hall–Kier alpha value is -4.13. The molecule has 0 aliphatic carbocycles. The second-order valence-electron chi connectivity index (χ2n) is 7.88. The molecule has 0 bridgehead atoms. The number of rotatable bonds is 4. The second-order valence-corrected chi connectivity index (χ2v) is 7.88. The highest BCUT2D eigenvalue weighted by Gasteiger charge is 2.17. The number of phenolic OH excluding ortho intramolecular Hbond substituents is 1. The van der Waals surface area contributed by atoms with Crippen molar-refractivity contribution in [2.45, 2.75) is 27.7 Å². The summed E-state index contributed by atoms with van der Waals surface area (Å²) < 4.78 is 1.47. The number of H-pyrrole nitrogens is 1. The Kier molecular flexibility index (Phi) is 5.40. The Balaban J connectivity index is 1.63. The van der Waals surface area contributed by atoms with Crippen LogP contribution >= 0.6 is 0 Å². The van der Waals surface area contributed by atoms with Gasteiger partial charge in [-0.25, -0.2) is 10.1 Å². The van der Waals surface area contributed by atoms with E-state index < -0.39 is 5.91 Å². The molecule has 3 aromatic carbocycles. The number of carbonyl (C=O) groups is 1. The van der Waals surface area contributed by atoms with Crippen LogP contribution in [0.3, 0.4) is 0 Å². The van der Waals surface area contributed by atoms with Crippen molar-refractivity contribution in [3.05, 3.63) is 92.9 Å². The number of aryl methyl sites for hydroxylation is 3. The summed E-state index contributed by atoms with van der Waals surface area (Å²) in [5.74, 6) is -0.695. The van der Waals surface area contributed by atoms with Gasteiger partial charge in [-0.05, 0) is 73.9 Å². The fourth-order valence-corrected chi connectivity index (χ4v) is 3.68. The topological polar surface area (TPSA) is 99.5 Å². The number of hydrogen-bond donors (Lipinski definition) is 3. The number of hydrazone groups is 1. The van der Waals surface area contributed by atoms with Crippen molar-refractivity contribution < 1.29 is 9.90 Å². The van der Waals surface area contributed by atoms with Crippen molar-refractivity contribution in [2.75, 3.05) is 0 Å². The first-order valence-electron chi connectivity index (χ1n) is 10.2. The molecule has 3 N–H and O–H groups in total. The highest BCUT2D eigenvalue weighted by atomic mass is 16.3. The number of phenols is 1. The number of nitrogens with zero attached hydrogens (tertiary/aromatic N) is 2. The van der Waals surface area contributed by atoms with Gasteiger partial charge in [0.1, 0.15) is 5.75 Å². The molecule has 4 rings (SSSR count). The van der Waals surface area contributed by atoms with Crippen LogP contribution in [0.25, 0.3) is 16.5 Å². The van der Waals surface area contributed by atoms with Gasteiger partial charge in [0.15, 0.2) is 0 Å². The fourth-order valence-electron chi connectivity index (χ4n) is 3.68. The van der Waals surface area contributed by atoms with E-state index in [1.165, 1.54) is 4.68 Å². The molecule has 1 heterocycles. The van der Waals surface area contributed by atoms with Crippen LogP contribution in [0.15, 0.2) is 64.5 Å². The van der Waals surface area contributed by atoms with Gasteiger partial charge in [-0.3, -0.25) is 14.7 Å². The third kappa shape index (κ3) is 3.80. The number of aromatic hydroxyl groups is 1. The normalized spacial score (nSPS) is 11.7. The molecule has 7 nitrogen and oxygen atoms in total. The van der Waals surface area contributed by atoms with E-state index in [-0.39, 0.29) is 16.9 Å². The van der Waals surface area contributed by atoms with Crippen LogP contribution in [0.4, 0.5) is 0 Å². The van der Waals surface area contributed by atoms with Crippen molar-refractivity contribution in [1.82, 2.24) is 15.2 Å². The fraction of sp³-hybridized carbons (Fsp3) is 0.160. The van der Waals surface area contributed by atoms with Gasteiger partial charge < -0.3 is 5.11 Å². The molecule has 7 heteroatoms. The highest BCUT2D eigenvalue weighted by Crippen LogP contribution is 2.25. The molecule has 1 amide bonds. The van der Waals surface area contributed by atoms with E-state index in [2.05, 4.69) is 15.6 Å². The number of carbonyl (C=O) groups excluding carboxylic acids is 1. The molecule has 1 aromatic heterocycles. The molecule has 0 aliphatic rings. The standard InChI is InChI=1S/C25H24N4O3/c1-14-9-10-20(11-15(14)2)29-25(32)23(17(4)28-29)16(3)26-27-24(31)21-12-18-7-5-6-8-19(18)13-22(21)30/h5-13,28,30H,1-4H3,(H,27,31)/b26-16+. The zero-order valence-corrected chi connectivity index (χ0v) is 18.4. The first kappa shape index (κ1) is 21.1. The van der Waals surface area contributed by atoms with Crippen molar-refractivity contribution in [3.8, 4) is 11.4 Å². The quantitative estimate of drug-likeness (QED) is 0.337. The van der Waals surface area contributed by atoms with Crippen LogP contribution in [-0.4, -0.2) is 26.5 Å². The number of aromatic amines is 1. The molecule has 4 aromatic rings. The monoisotopic (exact) mass is 428 g/mol. The van der Waals surface area contributed by atoms with Gasteiger partial charge >= 0.3 is 0 Å². The van der Waals surface area contributed by atoms with Crippen LogP contribution in [-0.2, 0) is 0 Å². The molecular weight excluding hydrogens is 404 g/mol. The second kappa shape index (κ2) is 8.19. The summed E-state index contributed by atoms with van der Waals surface area (Å²) in [6.45, 7) is 7.44. The first-order chi connectivity index (χ1) is 15.3. The maximum Gasteiger partial charge on any atom is 0.280 e. The Morgan fingerprint density at radius 2 is 1.69 bits per heavy atom. The van der Waals surface area contributed by atoms with Crippen molar-refractivity contribution in [2.24, 2.45) is 5.10 Å². The SMILES string of the molecule is C/C(=N\NC(=O)c1cc2ccccc2cc1O)c1c(C)[nH]n(-c2ccc(C)c(C)c2)c1=O. The minimum absolute atomic E-state index is 0.110. The molecule has 0 atom stereocenters. The van der Waals surface area contributed by atoms with Gasteiger partial charge in [0.25, 0.3) is 11.5 Å². The average Bonchev–Trinajstić information content (AvgIpc) is 3.07. The van der Waals surface area contributed by atoms with Crippen LogP contribution in [0, 0.1) is 20.8 Å². The Bertz CT molecular complexity index is 1440. The van der Waals surface area contributed by atoms with E-state index in [0.717, 1.165) is 27.6 Å². The van der Waals surface area contributed by atoms with E-state index in [4.69, 9.17) is 0 Å². The number of benzene rings is 3. The maximum absolute atomic E-state index is 13.0. The lowest BCUT2D eigenvalue weighted by Gasteiger charge is -2.06. The Morgan fingerprint density at radius 3 is 2.38 bits per heavy atom. The van der Waals surface area contributed by atoms with Crippen LogP contribution in [0.5, 0.6) is 5.75 Å². The molecule has 0 aliphatic heterocycles. The summed E-state index contributed by atoms with van der Waals surface area (Å²) >= 11 is 0. The maximum atomic E-state index is 13.0. The number of fused-ring (bicyclic) bond motifs is 1. The lowest BCUT2D eigenvalue weighted by molar-refractivity contribution is 0.0952. The van der Waals surface area contributed by atoms with Gasteiger partial charge in [-0.1, -0.05) is 30.3 Å². The van der Waals surface area contributed by atoms with Gasteiger partial charge in [0.05, 0.1) is 22.5 Å². The summed E-state index contributed by atoms with van der Waals surface area (Å²) in [4.78, 5) is 25.7. The zero-order chi connectivity index (χ0) is 23.0. The summed E-state index contributed by atoms with van der Waals surface area (Å²) in [5.41, 5.74) is 6.63. The van der Waals surface area contributed by atoms with E-state index >= 15 is 0 Å². The summed E-state index contributed by atoms with van der Waals surface area (Å²) in [7, 11) is 0. The van der Waals surface area contributed by atoms with Crippen molar-refractivity contribution in [1.29, 1.82) is 0 Å². The molecule has 162 valence electrons. The molecule has 0 spiro atoms. The van der Waals surface area contributed by atoms with Gasteiger partial charge in [0.2, 0.25) is 0 Å². The van der Waals surface area contributed by atoms with E-state index in [1.807, 2.05) is 56.3 Å². The minimum atomic E-state index is -0.560. The van der Waals surface area contributed by atoms with Gasteiger partial charge in [-0.2, -0.15) is 5.10 Å². The third-order valence-corrected chi connectivity index (χ3v) is 5.62. The molecule has 0 saturated carbocycles. The zero-order valence-electron chi connectivity index (χ0n) is 18.4. The third-order valence-electron chi connectivity index (χ3n) is 5.62. The van der Waals surface area contributed by atoms with Crippen LogP contribution in [0.1, 0.15) is 39.7 Å². The van der Waals surface area contributed by atoms with E-state index in [9.17, 15) is 14.7 Å². The number of hydrogen-bond acceptors (Lipinski definition) is 4. The number of nitrogens with one attached hydrogen (secondary N) is 2. The molecule has 0 fully saturated rings. The summed E-state index contributed by atoms with van der Waals surface area (Å²) in [6, 6.07) is 16.4. The molecule has 0 unspecified atom stereocenters. The predicted octanol–water partition coefficient (Wildman–Crippen LogP) is 4.10. The van der Waals surface area contributed by atoms with E-state index in [0.29, 0.717) is 17.0 Å². The molecule has 0 saturated heterocycles. The summed E-state index contributed by atoms with van der Waals surface area (Å²) in [5, 5.41) is 19.1. The smallest absolute Gasteiger partial charge is 0.280 e. The van der Waals surface area contributed by atoms with Gasteiger partial charge in [0, 0.05) is 5.69 Å². The lowest BCUT2D eigenvalue weighted by atomic mass is 10.1. The largest absolute Gasteiger partial charge is 0.507 e. The van der Waals surface area contributed by atoms with E-state index in [1.54, 1.807) is 26.0 Å². The predicted molar refractivity (Wildman–Crippen MR) is 126 cm³/mol. The lowest BCUT2D eigenvalue weighted by Crippen LogP contribution is -2.23. The number of amides is 1. The molecular formula is C25H24N4O3. The Morgan fingerprint density at radius 1 is 1.00 bits per heavy atom. The average molecular weight is 428 g/mol. The van der Waals surface area contributed by atoms with Crippen molar-refractivity contribution >= 4 is 22.4 Å².